The van der Waals surface area contributed by atoms with Crippen LogP contribution in [0, 0.1) is 12.3 Å². The van der Waals surface area contributed by atoms with E-state index in [-0.39, 0.29) is 18.1 Å². The zero-order chi connectivity index (χ0) is 17.0. The Bertz CT molecular complexity index is 508. The van der Waals surface area contributed by atoms with Gasteiger partial charge in [-0.15, -0.1) is 11.3 Å². The average molecular weight is 362 g/mol. The van der Waals surface area contributed by atoms with Crippen molar-refractivity contribution in [3.63, 3.8) is 0 Å². The van der Waals surface area contributed by atoms with Crippen LogP contribution in [0.25, 0.3) is 6.08 Å². The van der Waals surface area contributed by atoms with E-state index in [0.29, 0.717) is 11.5 Å². The van der Waals surface area contributed by atoms with Crippen LogP contribution in [0.15, 0.2) is 10.4 Å². The number of thiazole rings is 1. The number of hydrogen-bond acceptors (Lipinski definition) is 4. The highest BCUT2D eigenvalue weighted by molar-refractivity contribution is 7.09. The number of aryl methyl sites for hydroxylation is 1. The second-order valence-electron chi connectivity index (χ2n) is 7.44. The van der Waals surface area contributed by atoms with Crippen LogP contribution in [0.2, 0.25) is 19.1 Å². The van der Waals surface area contributed by atoms with Gasteiger partial charge in [0.05, 0.1) is 16.8 Å². The molecule has 0 aliphatic carbocycles. The normalized spacial score (nSPS) is 15.2. The van der Waals surface area contributed by atoms with Crippen molar-refractivity contribution in [1.29, 1.82) is 0 Å². The molecule has 0 saturated heterocycles. The van der Waals surface area contributed by atoms with E-state index in [1.807, 2.05) is 18.4 Å². The zero-order valence-electron chi connectivity index (χ0n) is 14.4. The van der Waals surface area contributed by atoms with Crippen molar-refractivity contribution in [3.05, 3.63) is 21.1 Å². The highest BCUT2D eigenvalue weighted by Crippen LogP contribution is 2.31. The quantitative estimate of drug-likeness (QED) is 0.691. The maximum Gasteiger partial charge on any atom is 0.188 e. The number of nitrogens with zero attached hydrogens (tertiary/aromatic N) is 1. The molecule has 6 heteroatoms. The number of aromatic nitrogens is 1. The van der Waals surface area contributed by atoms with Gasteiger partial charge in [0, 0.05) is 23.4 Å². The van der Waals surface area contributed by atoms with Gasteiger partial charge in [-0.3, -0.25) is 0 Å². The molecule has 0 bridgehead atoms. The minimum Gasteiger partial charge on any atom is -0.409 e. The zero-order valence-corrected chi connectivity index (χ0v) is 17.0. The van der Waals surface area contributed by atoms with Crippen LogP contribution in [-0.4, -0.2) is 31.1 Å². The van der Waals surface area contributed by atoms with Crippen LogP contribution in [0.4, 0.5) is 0 Å². The Hall–Kier alpha value is -0.203. The lowest BCUT2D eigenvalue weighted by molar-refractivity contribution is 0.175. The van der Waals surface area contributed by atoms with Crippen molar-refractivity contribution in [2.45, 2.75) is 59.4 Å². The smallest absolute Gasteiger partial charge is 0.188 e. The van der Waals surface area contributed by atoms with E-state index < -0.39 is 8.32 Å². The van der Waals surface area contributed by atoms with Gasteiger partial charge in [0.15, 0.2) is 8.32 Å². The van der Waals surface area contributed by atoms with E-state index in [1.54, 1.807) is 11.3 Å². The van der Waals surface area contributed by atoms with Crippen molar-refractivity contribution in [2.75, 3.05) is 6.61 Å². The van der Waals surface area contributed by atoms with E-state index >= 15 is 0 Å². The SMILES string of the molecule is Cc1nc(/C=C(\Cl)[C@H](CCO)O[Si](C)(C)CC(C)(C)C)cs1. The van der Waals surface area contributed by atoms with Gasteiger partial charge in [-0.1, -0.05) is 32.4 Å². The van der Waals surface area contributed by atoms with Gasteiger partial charge in [-0.25, -0.2) is 4.98 Å². The molecule has 0 aliphatic rings. The standard InChI is InChI=1S/C16H28ClNO2SSi/c1-12-18-13(10-21-12)9-14(17)15(7-8-19)20-22(5,6)11-16(2,3)4/h9-10,15,19H,7-8,11H2,1-6H3/b14-9-/t15-/m0/s1. The minimum atomic E-state index is -1.87. The molecular weight excluding hydrogens is 334 g/mol. The summed E-state index contributed by atoms with van der Waals surface area (Å²) in [6, 6.07) is 1.04. The minimum absolute atomic E-state index is 0.0603. The highest BCUT2D eigenvalue weighted by atomic mass is 35.5. The number of aliphatic hydroxyl groups is 1. The third-order valence-electron chi connectivity index (χ3n) is 3.04. The largest absolute Gasteiger partial charge is 0.409 e. The summed E-state index contributed by atoms with van der Waals surface area (Å²) in [5.41, 5.74) is 1.08. The van der Waals surface area contributed by atoms with Gasteiger partial charge in [-0.2, -0.15) is 0 Å². The van der Waals surface area contributed by atoms with Crippen molar-refractivity contribution >= 4 is 37.3 Å². The topological polar surface area (TPSA) is 42.4 Å². The summed E-state index contributed by atoms with van der Waals surface area (Å²) in [5.74, 6) is 0. The summed E-state index contributed by atoms with van der Waals surface area (Å²) in [7, 11) is -1.87. The van der Waals surface area contributed by atoms with Crippen molar-refractivity contribution in [2.24, 2.45) is 5.41 Å². The molecule has 0 spiro atoms. The number of rotatable bonds is 7. The Morgan fingerprint density at radius 1 is 1.50 bits per heavy atom. The number of hydrogen-bond donors (Lipinski definition) is 1. The fourth-order valence-electron chi connectivity index (χ4n) is 2.75. The summed E-state index contributed by atoms with van der Waals surface area (Å²) in [4.78, 5) is 4.40. The van der Waals surface area contributed by atoms with E-state index in [9.17, 15) is 5.11 Å². The third-order valence-corrected chi connectivity index (χ3v) is 7.02. The van der Waals surface area contributed by atoms with Gasteiger partial charge in [-0.05, 0) is 37.6 Å². The van der Waals surface area contributed by atoms with Gasteiger partial charge in [0.25, 0.3) is 0 Å². The molecule has 1 rings (SSSR count). The van der Waals surface area contributed by atoms with Crippen molar-refractivity contribution < 1.29 is 9.53 Å². The first kappa shape index (κ1) is 19.8. The molecule has 126 valence electrons. The molecule has 0 radical (unpaired) electrons. The fraction of sp³-hybridized carbons (Fsp3) is 0.688. The molecule has 0 saturated carbocycles. The van der Waals surface area contributed by atoms with Crippen molar-refractivity contribution in [1.82, 2.24) is 4.98 Å². The third kappa shape index (κ3) is 7.37. The second-order valence-corrected chi connectivity index (χ2v) is 13.0. The Kier molecular flexibility index (Phi) is 7.27. The van der Waals surface area contributed by atoms with Crippen LogP contribution < -0.4 is 0 Å². The average Bonchev–Trinajstić information content (AvgIpc) is 2.70. The van der Waals surface area contributed by atoms with Crippen LogP contribution in [-0.2, 0) is 4.43 Å². The van der Waals surface area contributed by atoms with E-state index in [4.69, 9.17) is 16.0 Å². The van der Waals surface area contributed by atoms with E-state index in [2.05, 4.69) is 38.8 Å². The molecule has 22 heavy (non-hydrogen) atoms. The predicted octanol–water partition coefficient (Wildman–Crippen LogP) is 5.05. The summed E-state index contributed by atoms with van der Waals surface area (Å²) in [6.45, 7) is 13.1. The van der Waals surface area contributed by atoms with Gasteiger partial charge >= 0.3 is 0 Å². The first-order chi connectivity index (χ1) is 10.0. The van der Waals surface area contributed by atoms with Gasteiger partial charge in [0.1, 0.15) is 0 Å². The second kappa shape index (κ2) is 8.06. The molecule has 0 amide bonds. The Morgan fingerprint density at radius 2 is 2.14 bits per heavy atom. The summed E-state index contributed by atoms with van der Waals surface area (Å²) in [5, 5.41) is 12.9. The molecule has 3 nitrogen and oxygen atoms in total. The molecule has 0 fully saturated rings. The first-order valence-corrected chi connectivity index (χ1v) is 12.0. The summed E-state index contributed by atoms with van der Waals surface area (Å²) >= 11 is 8.06. The lowest BCUT2D eigenvalue weighted by Gasteiger charge is -2.34. The van der Waals surface area contributed by atoms with E-state index in [1.165, 1.54) is 0 Å². The number of halogens is 1. The molecule has 0 aliphatic heterocycles. The molecule has 1 atom stereocenters. The summed E-state index contributed by atoms with van der Waals surface area (Å²) < 4.78 is 6.35. The molecular formula is C16H28ClNO2SSi. The Balaban J connectivity index is 2.86. The molecule has 1 aromatic heterocycles. The van der Waals surface area contributed by atoms with Gasteiger partial charge in [0.2, 0.25) is 0 Å². The lowest BCUT2D eigenvalue weighted by Crippen LogP contribution is -2.39. The monoisotopic (exact) mass is 361 g/mol. The Labute approximate surface area is 144 Å². The van der Waals surface area contributed by atoms with Crippen LogP contribution in [0.5, 0.6) is 0 Å². The van der Waals surface area contributed by atoms with Crippen LogP contribution in [0.1, 0.15) is 37.9 Å². The van der Waals surface area contributed by atoms with Crippen LogP contribution in [0.3, 0.4) is 0 Å². The fourth-order valence-corrected chi connectivity index (χ4v) is 7.32. The van der Waals surface area contributed by atoms with E-state index in [0.717, 1.165) is 16.7 Å². The molecule has 0 unspecified atom stereocenters. The maximum atomic E-state index is 9.32. The molecule has 1 aromatic rings. The summed E-state index contributed by atoms with van der Waals surface area (Å²) in [6.07, 6.45) is 2.11. The van der Waals surface area contributed by atoms with Gasteiger partial charge < -0.3 is 9.53 Å². The molecule has 1 heterocycles. The maximum absolute atomic E-state index is 9.32. The molecule has 0 aromatic carbocycles. The van der Waals surface area contributed by atoms with Crippen molar-refractivity contribution in [3.8, 4) is 0 Å². The number of aliphatic hydroxyl groups excluding tert-OH is 1. The molecule has 1 N–H and O–H groups in total. The first-order valence-electron chi connectivity index (χ1n) is 7.60. The van der Waals surface area contributed by atoms with Crippen LogP contribution >= 0.6 is 22.9 Å². The highest BCUT2D eigenvalue weighted by Gasteiger charge is 2.32. The Morgan fingerprint density at radius 3 is 2.59 bits per heavy atom. The predicted molar refractivity (Wildman–Crippen MR) is 99.0 cm³/mol. The lowest BCUT2D eigenvalue weighted by atomic mass is 10.0.